The minimum atomic E-state index is -1.84. The fraction of sp³-hybridized carbons (Fsp3) is 0.500. The van der Waals surface area contributed by atoms with Gasteiger partial charge in [-0.15, -0.1) is 0 Å². The van der Waals surface area contributed by atoms with Crippen molar-refractivity contribution in [3.05, 3.63) is 77.6 Å². The lowest BCUT2D eigenvalue weighted by molar-refractivity contribution is -0.142. The normalized spacial score (nSPS) is 15.4. The number of nitrogens with one attached hydrogen (secondary N) is 2. The van der Waals surface area contributed by atoms with Crippen LogP contribution in [0.15, 0.2) is 60.8 Å². The topological polar surface area (TPSA) is 118 Å². The molecular weight excluding hydrogens is 712 g/mol. The minimum absolute atomic E-state index is 0.222. The number of aromatic nitrogens is 2. The number of hydrogen-bond acceptors (Lipinski definition) is 8. The third-order valence-electron chi connectivity index (χ3n) is 10.6. The van der Waals surface area contributed by atoms with Gasteiger partial charge in [-0.05, 0) is 108 Å². The second-order valence-electron chi connectivity index (χ2n) is 16.4. The number of rotatable bonds is 17. The molecule has 302 valence electrons. The van der Waals surface area contributed by atoms with Crippen molar-refractivity contribution in [2.45, 2.75) is 97.6 Å². The molecule has 2 amide bonds. The highest BCUT2D eigenvalue weighted by Crippen LogP contribution is 2.41. The highest BCUT2D eigenvalue weighted by molar-refractivity contribution is 5.95. The lowest BCUT2D eigenvalue weighted by Crippen LogP contribution is -2.60. The van der Waals surface area contributed by atoms with Crippen LogP contribution in [-0.4, -0.2) is 96.4 Å². The number of aryl methyl sites for hydroxylation is 1. The fourth-order valence-corrected chi connectivity index (χ4v) is 8.05. The van der Waals surface area contributed by atoms with Crippen LogP contribution in [0, 0.1) is 5.41 Å². The largest absolute Gasteiger partial charge is 0.467 e. The van der Waals surface area contributed by atoms with Gasteiger partial charge in [-0.25, -0.2) is 9.82 Å². The van der Waals surface area contributed by atoms with Gasteiger partial charge in [0.1, 0.15) is 17.8 Å². The Balaban J connectivity index is 1.59. The van der Waals surface area contributed by atoms with Gasteiger partial charge >= 0.3 is 0 Å². The van der Waals surface area contributed by atoms with Crippen molar-refractivity contribution >= 4 is 29.2 Å². The number of halogens is 1. The number of likely N-dealkylation sites (N-methyl/N-ethyl adjacent to an activating group) is 1. The maximum Gasteiger partial charge on any atom is 0.293 e. The first-order valence-corrected chi connectivity index (χ1v) is 19.6. The van der Waals surface area contributed by atoms with Crippen molar-refractivity contribution < 1.29 is 28.2 Å². The van der Waals surface area contributed by atoms with Gasteiger partial charge in [0.25, 0.3) is 12.4 Å². The molecule has 1 fully saturated rings. The van der Waals surface area contributed by atoms with Gasteiger partial charge in [0.2, 0.25) is 5.91 Å². The van der Waals surface area contributed by atoms with Crippen LogP contribution in [-0.2, 0) is 43.2 Å². The van der Waals surface area contributed by atoms with Crippen LogP contribution in [0.5, 0.6) is 0 Å². The monoisotopic (exact) mass is 770 g/mol. The zero-order valence-electron chi connectivity index (χ0n) is 34.4. The fourth-order valence-electron chi connectivity index (χ4n) is 8.05. The molecule has 11 nitrogen and oxygen atoms in total. The summed E-state index contributed by atoms with van der Waals surface area (Å²) in [5.74, 6) is -0.794. The number of benzene rings is 2. The standard InChI is InChI=1S/C44H59FN6O5/c1-10-50-37-19-18-32(25-34(37)35(26-43(3,4)27-56-28-52)39(50)33-17-14-20-46-38(33)29(2)55-9)31-16-13-15-30(23-31)24-36(42(54)51-22-12-11-21-47-51)48-41(53)40(49(7)8)44(5,6)45/h13-20,23,25,28-29,36,40,47H,10-12,21-22,24,26-27H2,1-9H3,(H,48,53). The van der Waals surface area contributed by atoms with E-state index in [-0.39, 0.29) is 30.5 Å². The van der Waals surface area contributed by atoms with Crippen LogP contribution < -0.4 is 10.7 Å². The summed E-state index contributed by atoms with van der Waals surface area (Å²) in [6.07, 6.45) is 4.20. The number of fused-ring (bicyclic) bond motifs is 1. The highest BCUT2D eigenvalue weighted by Gasteiger charge is 2.39. The third kappa shape index (κ3) is 9.65. The van der Waals surface area contributed by atoms with E-state index >= 15 is 4.39 Å². The van der Waals surface area contributed by atoms with Crippen molar-refractivity contribution in [1.82, 2.24) is 30.2 Å². The van der Waals surface area contributed by atoms with Gasteiger partial charge < -0.3 is 19.4 Å². The molecule has 1 saturated heterocycles. The van der Waals surface area contributed by atoms with Crippen molar-refractivity contribution in [3.63, 3.8) is 0 Å². The maximum absolute atomic E-state index is 15.3. The number of carbonyl (C=O) groups is 3. The van der Waals surface area contributed by atoms with Crippen molar-refractivity contribution in [1.29, 1.82) is 0 Å². The second kappa shape index (κ2) is 18.1. The molecule has 0 saturated carbocycles. The Morgan fingerprint density at radius 1 is 1.07 bits per heavy atom. The number of hydrogen-bond donors (Lipinski definition) is 2. The van der Waals surface area contributed by atoms with E-state index in [2.05, 4.69) is 66.4 Å². The molecule has 0 aliphatic carbocycles. The molecule has 0 bridgehead atoms. The van der Waals surface area contributed by atoms with Crippen molar-refractivity contribution in [3.8, 4) is 22.4 Å². The van der Waals surface area contributed by atoms with Crippen molar-refractivity contribution in [2.24, 2.45) is 5.41 Å². The zero-order chi connectivity index (χ0) is 40.8. The van der Waals surface area contributed by atoms with Crippen LogP contribution in [0.1, 0.15) is 77.3 Å². The molecule has 4 aromatic rings. The predicted octanol–water partition coefficient (Wildman–Crippen LogP) is 6.67. The van der Waals surface area contributed by atoms with Crippen LogP contribution in [0.25, 0.3) is 33.3 Å². The summed E-state index contributed by atoms with van der Waals surface area (Å²) in [5.41, 5.74) is 8.80. The van der Waals surface area contributed by atoms with E-state index in [0.717, 1.165) is 62.9 Å². The van der Waals surface area contributed by atoms with Gasteiger partial charge in [0.15, 0.2) is 0 Å². The smallest absolute Gasteiger partial charge is 0.293 e. The number of nitrogens with zero attached hydrogens (tertiary/aromatic N) is 4. The Labute approximate surface area is 330 Å². The zero-order valence-corrected chi connectivity index (χ0v) is 34.4. The van der Waals surface area contributed by atoms with Crippen LogP contribution >= 0.6 is 0 Å². The number of methoxy groups -OCH3 is 1. The van der Waals surface area contributed by atoms with Gasteiger partial charge in [-0.1, -0.05) is 44.2 Å². The average Bonchev–Trinajstić information content (AvgIpc) is 3.47. The lowest BCUT2D eigenvalue weighted by atomic mass is 9.84. The van der Waals surface area contributed by atoms with Gasteiger partial charge in [0, 0.05) is 61.2 Å². The van der Waals surface area contributed by atoms with E-state index < -0.39 is 23.7 Å². The number of hydrazine groups is 1. The molecule has 3 atom stereocenters. The first kappa shape index (κ1) is 42.5. The van der Waals surface area contributed by atoms with E-state index in [1.807, 2.05) is 31.2 Å². The summed E-state index contributed by atoms with van der Waals surface area (Å²) in [6, 6.07) is 16.5. The molecule has 3 unspecified atom stereocenters. The Morgan fingerprint density at radius 2 is 1.82 bits per heavy atom. The first-order valence-electron chi connectivity index (χ1n) is 19.6. The van der Waals surface area contributed by atoms with Crippen LogP contribution in [0.2, 0.25) is 0 Å². The van der Waals surface area contributed by atoms with Crippen LogP contribution in [0.4, 0.5) is 4.39 Å². The number of pyridine rings is 1. The highest BCUT2D eigenvalue weighted by atomic mass is 19.1. The lowest BCUT2D eigenvalue weighted by Gasteiger charge is -2.35. The number of amides is 2. The average molecular weight is 771 g/mol. The molecule has 12 heteroatoms. The second-order valence-corrected chi connectivity index (χ2v) is 16.4. The predicted molar refractivity (Wildman–Crippen MR) is 218 cm³/mol. The Morgan fingerprint density at radius 3 is 2.46 bits per heavy atom. The molecule has 0 radical (unpaired) electrons. The van der Waals surface area contributed by atoms with Crippen LogP contribution in [0.3, 0.4) is 0 Å². The third-order valence-corrected chi connectivity index (χ3v) is 10.6. The summed E-state index contributed by atoms with van der Waals surface area (Å²) in [6.45, 7) is 13.7. The molecule has 2 aromatic carbocycles. The quantitative estimate of drug-likeness (QED) is 0.114. The van der Waals surface area contributed by atoms with E-state index in [9.17, 15) is 14.4 Å². The SMILES string of the molecule is CCn1c(-c2cccnc2C(C)OC)c(CC(C)(C)COC=O)c2cc(-c3cccc(CC(NC(=O)C(N(C)C)C(C)(C)F)C(=O)N4CCCCN4)c3)ccc21. The molecule has 3 heterocycles. The molecule has 1 aliphatic heterocycles. The van der Waals surface area contributed by atoms with E-state index in [1.165, 1.54) is 13.8 Å². The summed E-state index contributed by atoms with van der Waals surface area (Å²) < 4.78 is 28.7. The number of alkyl halides is 1. The molecule has 56 heavy (non-hydrogen) atoms. The van der Waals surface area contributed by atoms with Gasteiger partial charge in [0.05, 0.1) is 24.1 Å². The summed E-state index contributed by atoms with van der Waals surface area (Å²) in [5, 5.41) is 5.58. The number of ether oxygens (including phenoxy) is 2. The maximum atomic E-state index is 15.3. The van der Waals surface area contributed by atoms with E-state index in [1.54, 1.807) is 37.3 Å². The summed E-state index contributed by atoms with van der Waals surface area (Å²) in [7, 11) is 5.00. The minimum Gasteiger partial charge on any atom is -0.467 e. The van der Waals surface area contributed by atoms with E-state index in [4.69, 9.17) is 14.5 Å². The molecule has 1 aliphatic rings. The molecule has 5 rings (SSSR count). The summed E-state index contributed by atoms with van der Waals surface area (Å²) >= 11 is 0. The van der Waals surface area contributed by atoms with Gasteiger partial charge in [-0.2, -0.15) is 0 Å². The molecular formula is C44H59FN6O5. The molecule has 0 spiro atoms. The van der Waals surface area contributed by atoms with Gasteiger partial charge in [-0.3, -0.25) is 29.3 Å². The molecule has 2 aromatic heterocycles. The number of carbonyl (C=O) groups excluding carboxylic acids is 3. The van der Waals surface area contributed by atoms with Crippen molar-refractivity contribution in [2.75, 3.05) is 40.9 Å². The summed E-state index contributed by atoms with van der Waals surface area (Å²) in [4.78, 5) is 45.2. The Kier molecular flexibility index (Phi) is 13.7. The Bertz CT molecular complexity index is 2000. The molecule has 2 N–H and O–H groups in total. The van der Waals surface area contributed by atoms with E-state index in [0.29, 0.717) is 32.5 Å². The Hall–Kier alpha value is -4.65. The first-order chi connectivity index (χ1) is 26.6.